The molecule has 0 aliphatic carbocycles. The summed E-state index contributed by atoms with van der Waals surface area (Å²) in [6, 6.07) is 0. The Labute approximate surface area is 115 Å². The van der Waals surface area contributed by atoms with Crippen LogP contribution in [0.1, 0.15) is 0 Å². The summed E-state index contributed by atoms with van der Waals surface area (Å²) < 4.78 is 9.13. The second-order valence-electron chi connectivity index (χ2n) is 0.842. The van der Waals surface area contributed by atoms with E-state index in [9.17, 15) is 14.4 Å². The minimum atomic E-state index is -3.22. The van der Waals surface area contributed by atoms with E-state index in [0.717, 1.165) is 18.2 Å². The molecule has 0 N–H and O–H groups in total. The van der Waals surface area contributed by atoms with Crippen molar-refractivity contribution in [3.05, 3.63) is 0 Å². The van der Waals surface area contributed by atoms with Gasteiger partial charge >= 0.3 is 64.1 Å². The van der Waals surface area contributed by atoms with Gasteiger partial charge in [-0.25, -0.2) is 0 Å². The molecular formula is C3Bi3N3O3. The molecule has 0 spiro atoms. The summed E-state index contributed by atoms with van der Waals surface area (Å²) in [4.78, 5) is 28.6. The number of isocyanates is 3. The van der Waals surface area contributed by atoms with Crippen LogP contribution in [0, 0.1) is 0 Å². The largest absolute Gasteiger partial charge is 0 e. The number of carbonyl (C=O) groups excluding carboxylic acids is 3. The van der Waals surface area contributed by atoms with E-state index in [-0.39, 0.29) is 52.4 Å². The van der Waals surface area contributed by atoms with E-state index in [4.69, 9.17) is 0 Å². The molecule has 6 radical (unpaired) electrons. The molecule has 0 saturated heterocycles. The number of hydrogen-bond acceptors (Lipinski definition) is 6. The minimum absolute atomic E-state index is 0. The van der Waals surface area contributed by atoms with Crippen LogP contribution in [0.4, 0.5) is 0 Å². The number of nitrogens with zero attached hydrogens (tertiary/aromatic N) is 3. The van der Waals surface area contributed by atoms with E-state index >= 15 is 0 Å². The van der Waals surface area contributed by atoms with Gasteiger partial charge in [0.25, 0.3) is 0 Å². The molecule has 0 heterocycles. The van der Waals surface area contributed by atoms with Crippen LogP contribution < -0.4 is 0 Å². The van der Waals surface area contributed by atoms with Crippen LogP contribution in [0.15, 0.2) is 8.81 Å². The van der Waals surface area contributed by atoms with Crippen LogP contribution in [0.5, 0.6) is 0 Å². The predicted octanol–water partition coefficient (Wildman–Crippen LogP) is -1.78. The van der Waals surface area contributed by atoms with Gasteiger partial charge in [0.2, 0.25) is 0 Å². The maximum atomic E-state index is 9.54. The van der Waals surface area contributed by atoms with Gasteiger partial charge < -0.3 is 0 Å². The molecule has 0 bridgehead atoms. The zero-order chi connectivity index (χ0) is 7.82. The van der Waals surface area contributed by atoms with E-state index in [1.54, 1.807) is 0 Å². The van der Waals surface area contributed by atoms with Crippen LogP contribution in [-0.2, 0) is 14.4 Å². The van der Waals surface area contributed by atoms with Crippen molar-refractivity contribution in [2.24, 2.45) is 8.81 Å². The molecule has 0 unspecified atom stereocenters. The van der Waals surface area contributed by atoms with Gasteiger partial charge in [0.05, 0.1) is 0 Å². The summed E-state index contributed by atoms with van der Waals surface area (Å²) in [5.74, 6) is 0. The van der Waals surface area contributed by atoms with Crippen LogP contribution in [0.3, 0.4) is 0 Å². The summed E-state index contributed by atoms with van der Waals surface area (Å²) in [6.07, 6.45) is 3.47. The third kappa shape index (κ3) is 10.8. The average Bonchev–Trinajstić information content (AvgIpc) is 1.90. The minimum Gasteiger partial charge on any atom is 0 e. The summed E-state index contributed by atoms with van der Waals surface area (Å²) in [6.45, 7) is 0. The normalized spacial score (nSPS) is 5.75. The SMILES string of the molecule is O=C=[N][Bi]([N]=C=O)[N]=C=O.[Bi].[Bi]. The van der Waals surface area contributed by atoms with Crippen molar-refractivity contribution in [2.45, 2.75) is 0 Å². The van der Waals surface area contributed by atoms with Gasteiger partial charge in [0.15, 0.2) is 0 Å². The van der Waals surface area contributed by atoms with Crippen molar-refractivity contribution in [3.63, 3.8) is 0 Å². The van der Waals surface area contributed by atoms with Crippen LogP contribution >= 0.6 is 0 Å². The first-order valence-corrected chi connectivity index (χ1v) is 6.55. The van der Waals surface area contributed by atoms with Gasteiger partial charge in [0, 0.05) is 52.4 Å². The molecule has 0 fully saturated rings. The fourth-order valence-corrected chi connectivity index (χ4v) is 1.55. The third-order valence-electron chi connectivity index (χ3n) is 0.391. The molecule has 0 aliphatic rings. The second-order valence-corrected chi connectivity index (χ2v) is 5.26. The smallest absolute Gasteiger partial charge is 0 e. The third-order valence-corrected chi connectivity index (χ3v) is 3.43. The van der Waals surface area contributed by atoms with Gasteiger partial charge in [-0.2, -0.15) is 0 Å². The molecule has 0 aliphatic heterocycles. The first-order valence-electron chi connectivity index (χ1n) is 1.88. The van der Waals surface area contributed by atoms with Crippen LogP contribution in [0.2, 0.25) is 0 Å². The Kier molecular flexibility index (Phi) is 22.1. The molecule has 0 saturated carbocycles. The topological polar surface area (TPSA) is 88.3 Å². The van der Waals surface area contributed by atoms with Crippen molar-refractivity contribution in [2.75, 3.05) is 0 Å². The van der Waals surface area contributed by atoms with E-state index < -0.39 is 22.6 Å². The summed E-state index contributed by atoms with van der Waals surface area (Å²) in [5, 5.41) is 0. The summed E-state index contributed by atoms with van der Waals surface area (Å²) >= 11 is -3.22. The molecule has 0 atom stereocenters. The fourth-order valence-electron chi connectivity index (χ4n) is 0.177. The van der Waals surface area contributed by atoms with Gasteiger partial charge in [-0.3, -0.25) is 0 Å². The van der Waals surface area contributed by atoms with Crippen molar-refractivity contribution in [1.29, 1.82) is 0 Å². The van der Waals surface area contributed by atoms with Gasteiger partial charge in [-0.1, -0.05) is 0 Å². The molecule has 9 heteroatoms. The molecule has 12 heavy (non-hydrogen) atoms. The van der Waals surface area contributed by atoms with E-state index in [0.29, 0.717) is 0 Å². The Morgan fingerprint density at radius 1 is 0.750 bits per heavy atom. The molecule has 0 amide bonds. The Bertz CT molecular complexity index is 208. The fraction of sp³-hybridized carbons (Fsp3) is 0. The Morgan fingerprint density at radius 2 is 1.00 bits per heavy atom. The van der Waals surface area contributed by atoms with E-state index in [1.807, 2.05) is 0 Å². The average molecular weight is 753 g/mol. The maximum Gasteiger partial charge on any atom is 0 e. The molecule has 6 nitrogen and oxygen atoms in total. The van der Waals surface area contributed by atoms with Gasteiger partial charge in [-0.05, 0) is 0 Å². The Hall–Kier alpha value is 0.789. The standard InChI is InChI=1S/3CNO.3Bi/c3*2-1-3;;;/q3*-1;;;+3. The van der Waals surface area contributed by atoms with Gasteiger partial charge in [-0.15, -0.1) is 0 Å². The van der Waals surface area contributed by atoms with Crippen molar-refractivity contribution >= 4 is 93.3 Å². The molecule has 60 valence electrons. The summed E-state index contributed by atoms with van der Waals surface area (Å²) in [5.41, 5.74) is 0. The molecule has 0 rings (SSSR count). The van der Waals surface area contributed by atoms with Gasteiger partial charge in [0.1, 0.15) is 0 Å². The molecule has 0 aromatic rings. The molecular weight excluding hydrogens is 753 g/mol. The predicted molar refractivity (Wildman–Crippen MR) is 41.6 cm³/mol. The van der Waals surface area contributed by atoms with Crippen LogP contribution in [0.25, 0.3) is 0 Å². The van der Waals surface area contributed by atoms with Crippen molar-refractivity contribution in [3.8, 4) is 0 Å². The maximum absolute atomic E-state index is 9.54. The Balaban J connectivity index is -0.000000405. The first kappa shape index (κ1) is 18.5. The quantitative estimate of drug-likeness (QED) is 0.194. The second kappa shape index (κ2) is 14.3. The van der Waals surface area contributed by atoms with Crippen molar-refractivity contribution in [1.82, 2.24) is 0 Å². The first-order chi connectivity index (χ1) is 4.85. The monoisotopic (exact) mass is 753 g/mol. The zero-order valence-electron chi connectivity index (χ0n) is 5.41. The van der Waals surface area contributed by atoms with E-state index in [2.05, 4.69) is 8.81 Å². The summed E-state index contributed by atoms with van der Waals surface area (Å²) in [7, 11) is 0. The molecule has 0 aromatic carbocycles. The van der Waals surface area contributed by atoms with E-state index in [1.165, 1.54) is 0 Å². The number of hydrogen-bond donors (Lipinski definition) is 0. The zero-order valence-corrected chi connectivity index (χ0v) is 15.8. The number of rotatable bonds is 3. The Morgan fingerprint density at radius 3 is 1.17 bits per heavy atom. The van der Waals surface area contributed by atoms with Crippen molar-refractivity contribution < 1.29 is 14.4 Å². The van der Waals surface area contributed by atoms with Crippen LogP contribution in [-0.4, -0.2) is 93.3 Å². The molecule has 0 aromatic heterocycles.